The van der Waals surface area contributed by atoms with Crippen LogP contribution in [0.4, 0.5) is 5.82 Å². The van der Waals surface area contributed by atoms with Gasteiger partial charge in [-0.3, -0.25) is 4.79 Å². The first-order valence-corrected chi connectivity index (χ1v) is 5.18. The smallest absolute Gasteiger partial charge is 0.245 e. The van der Waals surface area contributed by atoms with Crippen molar-refractivity contribution in [2.75, 3.05) is 11.9 Å². The molecule has 1 aromatic rings. The summed E-state index contributed by atoms with van der Waals surface area (Å²) in [6.45, 7) is 6.15. The number of aromatic nitrogens is 1. The number of hydrogen-bond acceptors (Lipinski definition) is 4. The number of likely N-dealkylation sites (N-methyl/N-ethyl adjacent to an activating group) is 1. The summed E-state index contributed by atoms with van der Waals surface area (Å²) in [6, 6.07) is 3.07. The second kappa shape index (κ2) is 4.94. The number of nitrogens with one attached hydrogen (secondary N) is 2. The average molecular weight is 223 g/mol. The predicted molar refractivity (Wildman–Crippen MR) is 62.3 cm³/mol. The number of nitrogens with zero attached hydrogens (tertiary/aromatic N) is 1. The van der Waals surface area contributed by atoms with Crippen molar-refractivity contribution in [3.8, 4) is 5.75 Å². The van der Waals surface area contributed by atoms with Crippen LogP contribution in [-0.2, 0) is 4.79 Å². The van der Waals surface area contributed by atoms with Crippen molar-refractivity contribution in [1.29, 1.82) is 0 Å². The summed E-state index contributed by atoms with van der Waals surface area (Å²) in [6.07, 6.45) is 1.51. The van der Waals surface area contributed by atoms with Gasteiger partial charge in [0.25, 0.3) is 0 Å². The summed E-state index contributed by atoms with van der Waals surface area (Å²) in [5.41, 5.74) is -0.696. The summed E-state index contributed by atoms with van der Waals surface area (Å²) in [4.78, 5) is 15.7. The number of pyridine rings is 1. The van der Waals surface area contributed by atoms with Crippen molar-refractivity contribution in [3.63, 3.8) is 0 Å². The Labute approximate surface area is 94.9 Å². The van der Waals surface area contributed by atoms with Gasteiger partial charge < -0.3 is 15.7 Å². The maximum atomic E-state index is 11.9. The van der Waals surface area contributed by atoms with Crippen LogP contribution >= 0.6 is 0 Å². The van der Waals surface area contributed by atoms with Gasteiger partial charge in [0, 0.05) is 6.20 Å². The lowest BCUT2D eigenvalue weighted by Gasteiger charge is -2.24. The fourth-order valence-electron chi connectivity index (χ4n) is 1.28. The summed E-state index contributed by atoms with van der Waals surface area (Å²) in [5.74, 6) is -0.0926. The Morgan fingerprint density at radius 3 is 2.81 bits per heavy atom. The molecule has 0 fully saturated rings. The Balaban J connectivity index is 2.75. The van der Waals surface area contributed by atoms with E-state index in [2.05, 4.69) is 15.6 Å². The lowest BCUT2D eigenvalue weighted by atomic mass is 10.0. The van der Waals surface area contributed by atoms with Gasteiger partial charge in [0.15, 0.2) is 11.6 Å². The number of rotatable bonds is 4. The Bertz CT molecular complexity index is 377. The molecule has 5 nitrogen and oxygen atoms in total. The van der Waals surface area contributed by atoms with Gasteiger partial charge in [0.05, 0.1) is 5.54 Å². The molecule has 1 heterocycles. The number of hydrogen-bond donors (Lipinski definition) is 3. The number of carbonyl (C=O) groups is 1. The third kappa shape index (κ3) is 2.93. The summed E-state index contributed by atoms with van der Waals surface area (Å²) >= 11 is 0. The molecule has 0 aliphatic carbocycles. The molecule has 0 atom stereocenters. The van der Waals surface area contributed by atoms with Crippen molar-refractivity contribution in [1.82, 2.24) is 10.3 Å². The van der Waals surface area contributed by atoms with E-state index in [9.17, 15) is 9.90 Å². The van der Waals surface area contributed by atoms with Gasteiger partial charge in [-0.15, -0.1) is 0 Å². The maximum Gasteiger partial charge on any atom is 0.245 e. The molecule has 0 aromatic carbocycles. The molecule has 0 spiro atoms. The monoisotopic (exact) mass is 223 g/mol. The van der Waals surface area contributed by atoms with Gasteiger partial charge in [-0.2, -0.15) is 0 Å². The van der Waals surface area contributed by atoms with Gasteiger partial charge >= 0.3 is 0 Å². The van der Waals surface area contributed by atoms with Crippen LogP contribution in [0.3, 0.4) is 0 Å². The molecule has 3 N–H and O–H groups in total. The lowest BCUT2D eigenvalue weighted by Crippen LogP contribution is -2.49. The van der Waals surface area contributed by atoms with Crippen LogP contribution in [0.2, 0.25) is 0 Å². The van der Waals surface area contributed by atoms with Crippen LogP contribution in [-0.4, -0.2) is 28.1 Å². The normalized spacial score (nSPS) is 11.2. The van der Waals surface area contributed by atoms with Crippen LogP contribution in [0.5, 0.6) is 5.75 Å². The highest BCUT2D eigenvalue weighted by molar-refractivity contribution is 5.97. The number of aromatic hydroxyl groups is 1. The van der Waals surface area contributed by atoms with E-state index in [1.165, 1.54) is 12.3 Å². The Hall–Kier alpha value is -1.62. The summed E-state index contributed by atoms with van der Waals surface area (Å²) < 4.78 is 0. The molecule has 1 rings (SSSR count). The van der Waals surface area contributed by atoms with Crippen molar-refractivity contribution in [2.45, 2.75) is 26.3 Å². The first-order valence-electron chi connectivity index (χ1n) is 5.18. The molecular formula is C11H17N3O2. The highest BCUT2D eigenvalue weighted by Crippen LogP contribution is 2.19. The van der Waals surface area contributed by atoms with Gasteiger partial charge in [-0.25, -0.2) is 4.98 Å². The molecule has 16 heavy (non-hydrogen) atoms. The highest BCUT2D eigenvalue weighted by atomic mass is 16.3. The predicted octanol–water partition coefficient (Wildman–Crippen LogP) is 1.11. The van der Waals surface area contributed by atoms with Gasteiger partial charge in [-0.1, -0.05) is 6.92 Å². The standard InChI is InChI=1S/C11H17N3O2/c1-4-13-11(2,3)10(16)14-9-8(15)6-5-7-12-9/h5-7,13,15H,4H2,1-3H3,(H,12,14,16). The Kier molecular flexibility index (Phi) is 3.84. The fraction of sp³-hybridized carbons (Fsp3) is 0.455. The van der Waals surface area contributed by atoms with E-state index in [-0.39, 0.29) is 17.5 Å². The number of amides is 1. The first kappa shape index (κ1) is 12.4. The lowest BCUT2D eigenvalue weighted by molar-refractivity contribution is -0.121. The third-order valence-electron chi connectivity index (χ3n) is 2.20. The van der Waals surface area contributed by atoms with Crippen molar-refractivity contribution in [3.05, 3.63) is 18.3 Å². The van der Waals surface area contributed by atoms with E-state index in [0.29, 0.717) is 6.54 Å². The maximum absolute atomic E-state index is 11.9. The van der Waals surface area contributed by atoms with Crippen LogP contribution in [0.1, 0.15) is 20.8 Å². The Morgan fingerprint density at radius 1 is 1.56 bits per heavy atom. The molecule has 5 heteroatoms. The molecular weight excluding hydrogens is 206 g/mol. The fourth-order valence-corrected chi connectivity index (χ4v) is 1.28. The molecule has 0 saturated carbocycles. The molecule has 0 unspecified atom stereocenters. The van der Waals surface area contributed by atoms with Crippen molar-refractivity contribution < 1.29 is 9.90 Å². The molecule has 0 aliphatic rings. The molecule has 0 radical (unpaired) electrons. The topological polar surface area (TPSA) is 74.2 Å². The molecule has 0 saturated heterocycles. The van der Waals surface area contributed by atoms with E-state index in [0.717, 1.165) is 0 Å². The molecule has 1 amide bonds. The zero-order chi connectivity index (χ0) is 12.2. The molecule has 1 aromatic heterocycles. The molecule has 88 valence electrons. The van der Waals surface area contributed by atoms with E-state index >= 15 is 0 Å². The Morgan fingerprint density at radius 2 is 2.25 bits per heavy atom. The number of anilines is 1. The minimum Gasteiger partial charge on any atom is -0.504 e. The van der Waals surface area contributed by atoms with E-state index < -0.39 is 5.54 Å². The second-order valence-corrected chi connectivity index (χ2v) is 3.98. The van der Waals surface area contributed by atoms with Crippen LogP contribution in [0, 0.1) is 0 Å². The van der Waals surface area contributed by atoms with E-state index in [4.69, 9.17) is 0 Å². The highest BCUT2D eigenvalue weighted by Gasteiger charge is 2.26. The minimum absolute atomic E-state index is 0.0388. The molecule has 0 aliphatic heterocycles. The largest absolute Gasteiger partial charge is 0.504 e. The van der Waals surface area contributed by atoms with E-state index in [1.54, 1.807) is 19.9 Å². The van der Waals surface area contributed by atoms with Gasteiger partial charge in [-0.05, 0) is 32.5 Å². The third-order valence-corrected chi connectivity index (χ3v) is 2.20. The van der Waals surface area contributed by atoms with Crippen molar-refractivity contribution in [2.24, 2.45) is 0 Å². The SMILES string of the molecule is CCNC(C)(C)C(=O)Nc1ncccc1O. The minimum atomic E-state index is -0.696. The van der Waals surface area contributed by atoms with Gasteiger partial charge in [0.1, 0.15) is 0 Å². The molecule has 0 bridgehead atoms. The second-order valence-electron chi connectivity index (χ2n) is 3.98. The average Bonchev–Trinajstić information content (AvgIpc) is 2.21. The zero-order valence-corrected chi connectivity index (χ0v) is 9.74. The quantitative estimate of drug-likeness (QED) is 0.715. The van der Waals surface area contributed by atoms with Crippen LogP contribution in [0.25, 0.3) is 0 Å². The van der Waals surface area contributed by atoms with Crippen LogP contribution < -0.4 is 10.6 Å². The van der Waals surface area contributed by atoms with E-state index in [1.807, 2.05) is 6.92 Å². The number of carbonyl (C=O) groups excluding carboxylic acids is 1. The van der Waals surface area contributed by atoms with Crippen molar-refractivity contribution >= 4 is 11.7 Å². The summed E-state index contributed by atoms with van der Waals surface area (Å²) in [7, 11) is 0. The first-order chi connectivity index (χ1) is 7.47. The van der Waals surface area contributed by atoms with Crippen LogP contribution in [0.15, 0.2) is 18.3 Å². The summed E-state index contributed by atoms with van der Waals surface area (Å²) in [5, 5.41) is 15.1. The van der Waals surface area contributed by atoms with Gasteiger partial charge in [0.2, 0.25) is 5.91 Å². The zero-order valence-electron chi connectivity index (χ0n) is 9.74.